The molecular weight excluding hydrogens is 336 g/mol. The minimum Gasteiger partial charge on any atom is -0.296 e. The highest BCUT2D eigenvalue weighted by atomic mass is 32.1. The molecule has 132 valence electrons. The Balaban J connectivity index is 1.35. The van der Waals surface area contributed by atoms with E-state index in [4.69, 9.17) is 0 Å². The summed E-state index contributed by atoms with van der Waals surface area (Å²) in [6, 6.07) is 22.9. The van der Waals surface area contributed by atoms with E-state index in [-0.39, 0.29) is 0 Å². The molecule has 2 nitrogen and oxygen atoms in total. The standard InChI is InChI=1S/C23H24N2S/c1-17-10-11-18(26-17)16-24-12-14-25(15-13-24)23-21-8-4-2-6-19(21)20-7-3-5-9-22(20)23/h2-11,23H,12-16H2,1H3. The lowest BCUT2D eigenvalue weighted by atomic mass is 10.0. The zero-order chi connectivity index (χ0) is 17.5. The normalized spacial score (nSPS) is 18.0. The van der Waals surface area contributed by atoms with Gasteiger partial charge in [-0.15, -0.1) is 11.3 Å². The van der Waals surface area contributed by atoms with Gasteiger partial charge in [0.25, 0.3) is 0 Å². The molecule has 0 amide bonds. The fraction of sp³-hybridized carbons (Fsp3) is 0.304. The first-order valence-corrected chi connectivity index (χ1v) is 10.3. The summed E-state index contributed by atoms with van der Waals surface area (Å²) in [5, 5.41) is 0. The van der Waals surface area contributed by atoms with Gasteiger partial charge in [0.2, 0.25) is 0 Å². The molecule has 1 aromatic heterocycles. The second-order valence-corrected chi connectivity index (χ2v) is 8.77. The first kappa shape index (κ1) is 16.2. The van der Waals surface area contributed by atoms with E-state index >= 15 is 0 Å². The van der Waals surface area contributed by atoms with Gasteiger partial charge >= 0.3 is 0 Å². The van der Waals surface area contributed by atoms with Crippen LogP contribution in [0.2, 0.25) is 0 Å². The number of rotatable bonds is 3. The Morgan fingerprint density at radius 3 is 2.00 bits per heavy atom. The van der Waals surface area contributed by atoms with Gasteiger partial charge in [-0.05, 0) is 41.3 Å². The molecule has 0 atom stereocenters. The van der Waals surface area contributed by atoms with E-state index in [1.165, 1.54) is 32.0 Å². The fourth-order valence-electron chi connectivity index (χ4n) is 4.49. The number of hydrogen-bond acceptors (Lipinski definition) is 3. The predicted molar refractivity (Wildman–Crippen MR) is 110 cm³/mol. The maximum absolute atomic E-state index is 2.68. The molecule has 1 aliphatic carbocycles. The van der Waals surface area contributed by atoms with Crippen molar-refractivity contribution in [3.05, 3.63) is 81.5 Å². The Morgan fingerprint density at radius 1 is 0.808 bits per heavy atom. The van der Waals surface area contributed by atoms with Crippen LogP contribution in [0.3, 0.4) is 0 Å². The van der Waals surface area contributed by atoms with Crippen LogP contribution in [0.4, 0.5) is 0 Å². The largest absolute Gasteiger partial charge is 0.296 e. The van der Waals surface area contributed by atoms with Gasteiger partial charge in [-0.1, -0.05) is 48.5 Å². The molecule has 1 saturated heterocycles. The van der Waals surface area contributed by atoms with Crippen molar-refractivity contribution in [2.24, 2.45) is 0 Å². The number of aryl methyl sites for hydroxylation is 1. The van der Waals surface area contributed by atoms with E-state index in [0.717, 1.165) is 32.7 Å². The Hall–Kier alpha value is -1.94. The van der Waals surface area contributed by atoms with Crippen LogP contribution in [0.1, 0.15) is 26.9 Å². The van der Waals surface area contributed by atoms with Gasteiger partial charge in [0.1, 0.15) is 0 Å². The maximum atomic E-state index is 2.68. The number of benzene rings is 2. The lowest BCUT2D eigenvalue weighted by Gasteiger charge is -2.38. The number of thiophene rings is 1. The quantitative estimate of drug-likeness (QED) is 0.652. The van der Waals surface area contributed by atoms with Crippen molar-refractivity contribution < 1.29 is 0 Å². The molecule has 26 heavy (non-hydrogen) atoms. The average Bonchev–Trinajstić information content (AvgIpc) is 3.23. The lowest BCUT2D eigenvalue weighted by molar-refractivity contribution is 0.107. The Morgan fingerprint density at radius 2 is 1.42 bits per heavy atom. The highest BCUT2D eigenvalue weighted by molar-refractivity contribution is 7.11. The summed E-state index contributed by atoms with van der Waals surface area (Å²) in [6.45, 7) is 7.87. The molecule has 0 bridgehead atoms. The molecule has 2 aromatic carbocycles. The van der Waals surface area contributed by atoms with Crippen LogP contribution >= 0.6 is 11.3 Å². The van der Waals surface area contributed by atoms with Crippen molar-refractivity contribution >= 4 is 11.3 Å². The summed E-state index contributed by atoms with van der Waals surface area (Å²) in [5.41, 5.74) is 5.81. The minimum atomic E-state index is 0.425. The van der Waals surface area contributed by atoms with Gasteiger partial charge in [0, 0.05) is 42.5 Å². The molecule has 0 spiro atoms. The monoisotopic (exact) mass is 360 g/mol. The van der Waals surface area contributed by atoms with Crippen molar-refractivity contribution in [1.82, 2.24) is 9.80 Å². The van der Waals surface area contributed by atoms with Gasteiger partial charge in [0.05, 0.1) is 6.04 Å². The molecule has 0 unspecified atom stereocenters. The molecule has 1 fully saturated rings. The number of nitrogens with zero attached hydrogens (tertiary/aromatic N) is 2. The second-order valence-electron chi connectivity index (χ2n) is 7.40. The summed E-state index contributed by atoms with van der Waals surface area (Å²) in [5.74, 6) is 0. The van der Waals surface area contributed by atoms with Crippen LogP contribution in [0.25, 0.3) is 11.1 Å². The maximum Gasteiger partial charge on any atom is 0.0614 e. The average molecular weight is 361 g/mol. The zero-order valence-electron chi connectivity index (χ0n) is 15.2. The Bertz CT molecular complexity index is 876. The van der Waals surface area contributed by atoms with Crippen LogP contribution in [-0.4, -0.2) is 36.0 Å². The molecule has 2 aliphatic rings. The van der Waals surface area contributed by atoms with Gasteiger partial charge in [-0.2, -0.15) is 0 Å². The minimum absolute atomic E-state index is 0.425. The number of fused-ring (bicyclic) bond motifs is 3. The number of piperazine rings is 1. The molecule has 2 heterocycles. The molecule has 0 N–H and O–H groups in total. The van der Waals surface area contributed by atoms with Gasteiger partial charge in [0.15, 0.2) is 0 Å². The molecule has 1 aliphatic heterocycles. The van der Waals surface area contributed by atoms with Crippen LogP contribution in [0.15, 0.2) is 60.7 Å². The zero-order valence-corrected chi connectivity index (χ0v) is 16.0. The van der Waals surface area contributed by atoms with E-state index in [2.05, 4.69) is 77.4 Å². The summed E-state index contributed by atoms with van der Waals surface area (Å²) < 4.78 is 0. The van der Waals surface area contributed by atoms with Crippen LogP contribution in [-0.2, 0) is 6.54 Å². The predicted octanol–water partition coefficient (Wildman–Crippen LogP) is 4.94. The molecule has 3 heteroatoms. The topological polar surface area (TPSA) is 6.48 Å². The van der Waals surface area contributed by atoms with Crippen molar-refractivity contribution in [1.29, 1.82) is 0 Å². The number of hydrogen-bond donors (Lipinski definition) is 0. The van der Waals surface area contributed by atoms with E-state index < -0.39 is 0 Å². The van der Waals surface area contributed by atoms with Crippen molar-refractivity contribution in [2.75, 3.05) is 26.2 Å². The van der Waals surface area contributed by atoms with Crippen LogP contribution in [0.5, 0.6) is 0 Å². The summed E-state index contributed by atoms with van der Waals surface area (Å²) in [7, 11) is 0. The highest BCUT2D eigenvalue weighted by Crippen LogP contribution is 2.46. The first-order chi connectivity index (χ1) is 12.8. The third kappa shape index (κ3) is 2.81. The summed E-state index contributed by atoms with van der Waals surface area (Å²) in [4.78, 5) is 8.19. The third-order valence-corrected chi connectivity index (χ3v) is 6.73. The van der Waals surface area contributed by atoms with Crippen LogP contribution in [0, 0.1) is 6.92 Å². The molecule has 3 aromatic rings. The molecular formula is C23H24N2S. The fourth-order valence-corrected chi connectivity index (χ4v) is 5.43. The lowest BCUT2D eigenvalue weighted by Crippen LogP contribution is -2.47. The molecule has 0 radical (unpaired) electrons. The van der Waals surface area contributed by atoms with Crippen molar-refractivity contribution in [2.45, 2.75) is 19.5 Å². The van der Waals surface area contributed by atoms with E-state index in [1.807, 2.05) is 11.3 Å². The SMILES string of the molecule is Cc1ccc(CN2CCN(C3c4ccccc4-c4ccccc43)CC2)s1. The smallest absolute Gasteiger partial charge is 0.0614 e. The van der Waals surface area contributed by atoms with E-state index in [0.29, 0.717) is 6.04 Å². The molecule has 5 rings (SSSR count). The van der Waals surface area contributed by atoms with E-state index in [9.17, 15) is 0 Å². The van der Waals surface area contributed by atoms with Crippen LogP contribution < -0.4 is 0 Å². The second kappa shape index (κ2) is 6.66. The Labute approximate surface area is 159 Å². The van der Waals surface area contributed by atoms with Crippen molar-refractivity contribution in [3.8, 4) is 11.1 Å². The van der Waals surface area contributed by atoms with E-state index in [1.54, 1.807) is 0 Å². The summed E-state index contributed by atoms with van der Waals surface area (Å²) in [6.07, 6.45) is 0. The van der Waals surface area contributed by atoms with Gasteiger partial charge in [-0.25, -0.2) is 0 Å². The first-order valence-electron chi connectivity index (χ1n) is 9.49. The Kier molecular flexibility index (Phi) is 4.16. The van der Waals surface area contributed by atoms with Crippen molar-refractivity contribution in [3.63, 3.8) is 0 Å². The van der Waals surface area contributed by atoms with Gasteiger partial charge in [-0.3, -0.25) is 9.80 Å². The highest BCUT2D eigenvalue weighted by Gasteiger charge is 2.34. The summed E-state index contributed by atoms with van der Waals surface area (Å²) >= 11 is 1.93. The van der Waals surface area contributed by atoms with Gasteiger partial charge < -0.3 is 0 Å². The third-order valence-electron chi connectivity index (χ3n) is 5.75. The molecule has 0 saturated carbocycles.